The van der Waals surface area contributed by atoms with Crippen molar-refractivity contribution in [3.63, 3.8) is 0 Å². The maximum atomic E-state index is 11.6. The molecule has 0 amide bonds. The van der Waals surface area contributed by atoms with Crippen molar-refractivity contribution in [1.29, 1.82) is 0 Å². The van der Waals surface area contributed by atoms with Gasteiger partial charge in [-0.25, -0.2) is 4.98 Å². The first kappa shape index (κ1) is 11.7. The molecule has 0 atom stereocenters. The molecule has 0 bridgehead atoms. The molecular formula is C10H18N4O. The molecule has 15 heavy (non-hydrogen) atoms. The normalized spacial score (nSPS) is 10.4. The van der Waals surface area contributed by atoms with Crippen LogP contribution in [0.2, 0.25) is 0 Å². The molecular weight excluding hydrogens is 192 g/mol. The summed E-state index contributed by atoms with van der Waals surface area (Å²) in [5.74, 6) is 0.680. The predicted octanol–water partition coefficient (Wildman–Crippen LogP) is -0.126. The second-order valence-corrected chi connectivity index (χ2v) is 3.67. The van der Waals surface area contributed by atoms with Gasteiger partial charge in [-0.05, 0) is 19.9 Å². The summed E-state index contributed by atoms with van der Waals surface area (Å²) < 4.78 is 1.56. The van der Waals surface area contributed by atoms with Crippen molar-refractivity contribution in [3.8, 4) is 0 Å². The third-order valence-electron chi connectivity index (χ3n) is 2.35. The maximum Gasteiger partial charge on any atom is 0.257 e. The van der Waals surface area contributed by atoms with Gasteiger partial charge < -0.3 is 10.6 Å². The van der Waals surface area contributed by atoms with Crippen LogP contribution >= 0.6 is 0 Å². The molecule has 0 spiro atoms. The van der Waals surface area contributed by atoms with Crippen LogP contribution in [-0.4, -0.2) is 29.7 Å². The molecule has 0 aliphatic heterocycles. The topological polar surface area (TPSA) is 64.2 Å². The molecule has 0 saturated heterocycles. The average Bonchev–Trinajstić information content (AvgIpc) is 2.23. The Morgan fingerprint density at radius 1 is 1.60 bits per heavy atom. The summed E-state index contributed by atoms with van der Waals surface area (Å²) in [4.78, 5) is 17.8. The minimum Gasteiger partial charge on any atom is -0.345 e. The van der Waals surface area contributed by atoms with E-state index >= 15 is 0 Å². The van der Waals surface area contributed by atoms with E-state index < -0.39 is 0 Å². The van der Waals surface area contributed by atoms with Crippen LogP contribution in [0, 0.1) is 6.92 Å². The van der Waals surface area contributed by atoms with E-state index in [0.717, 1.165) is 13.0 Å². The van der Waals surface area contributed by atoms with Gasteiger partial charge in [-0.15, -0.1) is 0 Å². The third kappa shape index (κ3) is 2.56. The van der Waals surface area contributed by atoms with Gasteiger partial charge in [0, 0.05) is 32.4 Å². The molecule has 5 nitrogen and oxygen atoms in total. The highest BCUT2D eigenvalue weighted by Gasteiger charge is 2.08. The summed E-state index contributed by atoms with van der Waals surface area (Å²) >= 11 is 0. The van der Waals surface area contributed by atoms with Gasteiger partial charge in [-0.3, -0.25) is 9.36 Å². The number of anilines is 1. The molecule has 0 aliphatic carbocycles. The molecule has 1 heterocycles. The van der Waals surface area contributed by atoms with Gasteiger partial charge in [-0.2, -0.15) is 0 Å². The second-order valence-electron chi connectivity index (χ2n) is 3.67. The highest BCUT2D eigenvalue weighted by Crippen LogP contribution is 2.04. The molecule has 1 aromatic heterocycles. The van der Waals surface area contributed by atoms with E-state index in [0.29, 0.717) is 18.1 Å². The Kier molecular flexibility index (Phi) is 3.85. The number of aromatic nitrogens is 2. The first-order valence-electron chi connectivity index (χ1n) is 5.01. The van der Waals surface area contributed by atoms with Crippen molar-refractivity contribution in [3.05, 3.63) is 22.1 Å². The van der Waals surface area contributed by atoms with Crippen LogP contribution in [0.5, 0.6) is 0 Å². The summed E-state index contributed by atoms with van der Waals surface area (Å²) in [5.41, 5.74) is 6.09. The van der Waals surface area contributed by atoms with E-state index in [-0.39, 0.29) is 5.56 Å². The fraction of sp³-hybridized carbons (Fsp3) is 0.600. The lowest BCUT2D eigenvalue weighted by atomic mass is 10.4. The number of aryl methyl sites for hydroxylation is 1. The highest BCUT2D eigenvalue weighted by molar-refractivity contribution is 5.29. The van der Waals surface area contributed by atoms with Crippen molar-refractivity contribution in [2.24, 2.45) is 12.8 Å². The summed E-state index contributed by atoms with van der Waals surface area (Å²) in [6.07, 6.45) is 2.50. The monoisotopic (exact) mass is 210 g/mol. The molecule has 0 fully saturated rings. The van der Waals surface area contributed by atoms with Crippen molar-refractivity contribution in [2.75, 3.05) is 25.0 Å². The fourth-order valence-corrected chi connectivity index (χ4v) is 1.43. The van der Waals surface area contributed by atoms with Crippen LogP contribution < -0.4 is 16.2 Å². The lowest BCUT2D eigenvalue weighted by Crippen LogP contribution is -2.30. The van der Waals surface area contributed by atoms with Crippen molar-refractivity contribution in [1.82, 2.24) is 9.55 Å². The summed E-state index contributed by atoms with van der Waals surface area (Å²) in [6, 6.07) is 0. The van der Waals surface area contributed by atoms with Gasteiger partial charge in [0.25, 0.3) is 5.56 Å². The molecule has 0 unspecified atom stereocenters. The minimum atomic E-state index is -0.000372. The predicted molar refractivity (Wildman–Crippen MR) is 61.2 cm³/mol. The molecule has 1 aromatic rings. The minimum absolute atomic E-state index is 0.000372. The fourth-order valence-electron chi connectivity index (χ4n) is 1.43. The van der Waals surface area contributed by atoms with E-state index in [9.17, 15) is 4.79 Å². The second kappa shape index (κ2) is 4.93. The van der Waals surface area contributed by atoms with E-state index in [4.69, 9.17) is 5.73 Å². The van der Waals surface area contributed by atoms with Crippen LogP contribution in [-0.2, 0) is 7.05 Å². The highest BCUT2D eigenvalue weighted by atomic mass is 16.1. The third-order valence-corrected chi connectivity index (χ3v) is 2.35. The number of hydrogen-bond acceptors (Lipinski definition) is 4. The zero-order valence-corrected chi connectivity index (χ0v) is 9.53. The quantitative estimate of drug-likeness (QED) is 0.752. The van der Waals surface area contributed by atoms with Crippen molar-refractivity contribution in [2.45, 2.75) is 13.3 Å². The standard InChI is InChI=1S/C10H18N4O/c1-8-7-12-10(14(3)9(8)15)13(2)6-4-5-11/h7H,4-6,11H2,1-3H3. The van der Waals surface area contributed by atoms with Gasteiger partial charge in [0.15, 0.2) is 0 Å². The van der Waals surface area contributed by atoms with Gasteiger partial charge >= 0.3 is 0 Å². The smallest absolute Gasteiger partial charge is 0.257 e. The number of nitrogens with two attached hydrogens (primary N) is 1. The van der Waals surface area contributed by atoms with E-state index in [2.05, 4.69) is 4.98 Å². The summed E-state index contributed by atoms with van der Waals surface area (Å²) in [5, 5.41) is 0. The average molecular weight is 210 g/mol. The zero-order chi connectivity index (χ0) is 11.4. The lowest BCUT2D eigenvalue weighted by Gasteiger charge is -2.20. The first-order chi connectivity index (χ1) is 7.07. The van der Waals surface area contributed by atoms with Gasteiger partial charge in [0.05, 0.1) is 0 Å². The van der Waals surface area contributed by atoms with E-state index in [1.807, 2.05) is 11.9 Å². The first-order valence-corrected chi connectivity index (χ1v) is 5.01. The molecule has 0 radical (unpaired) electrons. The largest absolute Gasteiger partial charge is 0.345 e. The van der Waals surface area contributed by atoms with E-state index in [1.54, 1.807) is 24.7 Å². The lowest BCUT2D eigenvalue weighted by molar-refractivity contribution is 0.720. The van der Waals surface area contributed by atoms with Crippen molar-refractivity contribution < 1.29 is 0 Å². The van der Waals surface area contributed by atoms with E-state index in [1.165, 1.54) is 0 Å². The van der Waals surface area contributed by atoms with Gasteiger partial charge in [0.1, 0.15) is 0 Å². The Labute approximate surface area is 89.5 Å². The molecule has 0 aliphatic rings. The molecule has 1 rings (SSSR count). The van der Waals surface area contributed by atoms with Crippen LogP contribution in [0.4, 0.5) is 5.95 Å². The Hall–Kier alpha value is -1.36. The summed E-state index contributed by atoms with van der Waals surface area (Å²) in [6.45, 7) is 3.21. The van der Waals surface area contributed by atoms with Crippen LogP contribution in [0.1, 0.15) is 12.0 Å². The number of rotatable bonds is 4. The Bertz CT molecular complexity index is 385. The van der Waals surface area contributed by atoms with Gasteiger partial charge in [0.2, 0.25) is 5.95 Å². The molecule has 0 aromatic carbocycles. The summed E-state index contributed by atoms with van der Waals surface area (Å²) in [7, 11) is 3.64. The molecule has 5 heteroatoms. The zero-order valence-electron chi connectivity index (χ0n) is 9.53. The SMILES string of the molecule is Cc1cnc(N(C)CCCN)n(C)c1=O. The molecule has 0 saturated carbocycles. The molecule has 2 N–H and O–H groups in total. The number of nitrogens with zero attached hydrogens (tertiary/aromatic N) is 3. The number of hydrogen-bond donors (Lipinski definition) is 1. The Morgan fingerprint density at radius 3 is 2.87 bits per heavy atom. The molecule has 84 valence electrons. The maximum absolute atomic E-state index is 11.6. The van der Waals surface area contributed by atoms with Crippen molar-refractivity contribution >= 4 is 5.95 Å². The Morgan fingerprint density at radius 2 is 2.27 bits per heavy atom. The van der Waals surface area contributed by atoms with Crippen LogP contribution in [0.15, 0.2) is 11.0 Å². The van der Waals surface area contributed by atoms with Crippen LogP contribution in [0.25, 0.3) is 0 Å². The van der Waals surface area contributed by atoms with Crippen LogP contribution in [0.3, 0.4) is 0 Å². The Balaban J connectivity index is 2.95. The van der Waals surface area contributed by atoms with Gasteiger partial charge in [-0.1, -0.05) is 0 Å².